The van der Waals surface area contributed by atoms with Crippen molar-refractivity contribution in [2.45, 2.75) is 5.38 Å². The normalized spacial score (nSPS) is 11.8. The van der Waals surface area contributed by atoms with Gasteiger partial charge in [-0.1, -0.05) is 6.08 Å². The Morgan fingerprint density at radius 3 is 2.82 bits per heavy atom. The highest BCUT2D eigenvalue weighted by atomic mass is 35.5. The molecule has 0 N–H and O–H groups in total. The Morgan fingerprint density at radius 2 is 2.45 bits per heavy atom. The molecule has 0 fully saturated rings. The lowest BCUT2D eigenvalue weighted by Crippen LogP contribution is -1.94. The summed E-state index contributed by atoms with van der Waals surface area (Å²) in [6.45, 7) is 3.58. The number of halogens is 2. The lowest BCUT2D eigenvalue weighted by Gasteiger charge is -2.02. The Kier molecular flexibility index (Phi) is 4.23. The fourth-order valence-electron chi connectivity index (χ4n) is 0.754. The van der Waals surface area contributed by atoms with Gasteiger partial charge in [-0.3, -0.25) is 0 Å². The maximum atomic E-state index is 5.86. The molecule has 0 saturated heterocycles. The van der Waals surface area contributed by atoms with Crippen molar-refractivity contribution in [1.29, 1.82) is 0 Å². The molecule has 0 amide bonds. The average molecular weight is 193 g/mol. The van der Waals surface area contributed by atoms with Gasteiger partial charge in [-0.15, -0.1) is 30.6 Å². The molecule has 1 aromatic rings. The van der Waals surface area contributed by atoms with E-state index in [-0.39, 0.29) is 17.8 Å². The van der Waals surface area contributed by atoms with Crippen LogP contribution in [0.3, 0.4) is 0 Å². The molecule has 1 atom stereocenters. The molecule has 0 aliphatic rings. The van der Waals surface area contributed by atoms with E-state index in [1.54, 1.807) is 18.6 Å². The van der Waals surface area contributed by atoms with Gasteiger partial charge in [0.2, 0.25) is 0 Å². The van der Waals surface area contributed by atoms with Crippen molar-refractivity contribution < 1.29 is 0 Å². The zero-order chi connectivity index (χ0) is 7.56. The molecule has 0 aromatic carbocycles. The summed E-state index contributed by atoms with van der Waals surface area (Å²) < 4.78 is 1.87. The molecule has 4 heteroatoms. The van der Waals surface area contributed by atoms with Crippen LogP contribution in [0, 0.1) is 0 Å². The summed E-state index contributed by atoms with van der Waals surface area (Å²) in [6.07, 6.45) is 5.13. The van der Waals surface area contributed by atoms with Crippen molar-refractivity contribution in [3.05, 3.63) is 30.9 Å². The van der Waals surface area contributed by atoms with Gasteiger partial charge in [0.25, 0.3) is 0 Å². The molecule has 11 heavy (non-hydrogen) atoms. The van der Waals surface area contributed by atoms with Gasteiger partial charge in [-0.05, 0) is 0 Å². The van der Waals surface area contributed by atoms with E-state index in [0.29, 0.717) is 0 Å². The maximum Gasteiger partial charge on any atom is 0.0946 e. The van der Waals surface area contributed by atoms with Crippen molar-refractivity contribution in [3.8, 4) is 0 Å². The summed E-state index contributed by atoms with van der Waals surface area (Å²) in [5.74, 6) is 0. The topological polar surface area (TPSA) is 17.8 Å². The van der Waals surface area contributed by atoms with Crippen LogP contribution in [-0.2, 0) is 7.05 Å². The molecule has 1 unspecified atom stereocenters. The number of rotatable bonds is 2. The Labute approximate surface area is 77.3 Å². The maximum absolute atomic E-state index is 5.86. The van der Waals surface area contributed by atoms with E-state index < -0.39 is 0 Å². The summed E-state index contributed by atoms with van der Waals surface area (Å²) in [5, 5.41) is -0.132. The van der Waals surface area contributed by atoms with E-state index in [0.717, 1.165) is 5.69 Å². The average Bonchev–Trinajstić information content (AvgIpc) is 2.34. The molecule has 1 aromatic heterocycles. The van der Waals surface area contributed by atoms with Crippen molar-refractivity contribution in [1.82, 2.24) is 9.55 Å². The van der Waals surface area contributed by atoms with Gasteiger partial charge in [0.15, 0.2) is 0 Å². The Balaban J connectivity index is 0.000001000. The van der Waals surface area contributed by atoms with Crippen molar-refractivity contribution in [2.75, 3.05) is 0 Å². The van der Waals surface area contributed by atoms with Gasteiger partial charge in [-0.2, -0.15) is 0 Å². The van der Waals surface area contributed by atoms with Crippen LogP contribution in [0.1, 0.15) is 11.1 Å². The Hall–Kier alpha value is -0.470. The van der Waals surface area contributed by atoms with Gasteiger partial charge in [0.05, 0.1) is 17.4 Å². The summed E-state index contributed by atoms with van der Waals surface area (Å²) >= 11 is 5.86. The van der Waals surface area contributed by atoms with Crippen molar-refractivity contribution in [3.63, 3.8) is 0 Å². The highest BCUT2D eigenvalue weighted by molar-refractivity contribution is 6.21. The zero-order valence-electron chi connectivity index (χ0n) is 6.20. The SMILES string of the molecule is C=CC(Cl)c1cncn1C.Cl. The minimum absolute atomic E-state index is 0. The first kappa shape index (κ1) is 10.5. The van der Waals surface area contributed by atoms with Gasteiger partial charge in [0.1, 0.15) is 0 Å². The summed E-state index contributed by atoms with van der Waals surface area (Å²) in [6, 6.07) is 0. The second kappa shape index (κ2) is 4.42. The number of nitrogens with zero attached hydrogens (tertiary/aromatic N) is 2. The number of aromatic nitrogens is 2. The second-order valence-electron chi connectivity index (χ2n) is 2.07. The van der Waals surface area contributed by atoms with E-state index in [2.05, 4.69) is 11.6 Å². The first-order valence-electron chi connectivity index (χ1n) is 2.98. The van der Waals surface area contributed by atoms with E-state index >= 15 is 0 Å². The van der Waals surface area contributed by atoms with E-state index in [1.165, 1.54) is 0 Å². The number of alkyl halides is 1. The van der Waals surface area contributed by atoms with Crippen molar-refractivity contribution in [2.24, 2.45) is 7.05 Å². The van der Waals surface area contributed by atoms with E-state index in [1.807, 2.05) is 11.6 Å². The number of allylic oxidation sites excluding steroid dienone is 1. The van der Waals surface area contributed by atoms with E-state index in [9.17, 15) is 0 Å². The first-order valence-corrected chi connectivity index (χ1v) is 3.42. The van der Waals surface area contributed by atoms with Crippen LogP contribution in [0.5, 0.6) is 0 Å². The number of hydrogen-bond acceptors (Lipinski definition) is 1. The lowest BCUT2D eigenvalue weighted by atomic mass is 10.3. The van der Waals surface area contributed by atoms with E-state index in [4.69, 9.17) is 11.6 Å². The predicted octanol–water partition coefficient (Wildman–Crippen LogP) is 2.31. The minimum atomic E-state index is -0.132. The molecular weight excluding hydrogens is 183 g/mol. The molecule has 0 bridgehead atoms. The Bertz CT molecular complexity index is 232. The van der Waals surface area contributed by atoms with Crippen LogP contribution in [-0.4, -0.2) is 9.55 Å². The molecular formula is C7H10Cl2N2. The molecule has 0 spiro atoms. The number of aryl methyl sites for hydroxylation is 1. The quantitative estimate of drug-likeness (QED) is 0.520. The van der Waals surface area contributed by atoms with Gasteiger partial charge in [0, 0.05) is 13.2 Å². The second-order valence-corrected chi connectivity index (χ2v) is 2.54. The van der Waals surface area contributed by atoms with Crippen LogP contribution in [0.2, 0.25) is 0 Å². The molecule has 62 valence electrons. The predicted molar refractivity (Wildman–Crippen MR) is 49.2 cm³/mol. The molecule has 1 heterocycles. The smallest absolute Gasteiger partial charge is 0.0946 e. The van der Waals surface area contributed by atoms with Crippen LogP contribution in [0.25, 0.3) is 0 Å². The lowest BCUT2D eigenvalue weighted by molar-refractivity contribution is 0.843. The minimum Gasteiger partial charge on any atom is -0.336 e. The summed E-state index contributed by atoms with van der Waals surface area (Å²) in [7, 11) is 1.90. The summed E-state index contributed by atoms with van der Waals surface area (Å²) in [5.41, 5.74) is 0.969. The third kappa shape index (κ3) is 2.24. The fourth-order valence-corrected chi connectivity index (χ4v) is 0.964. The van der Waals surface area contributed by atoms with Gasteiger partial charge < -0.3 is 4.57 Å². The fraction of sp³-hybridized carbons (Fsp3) is 0.286. The summed E-state index contributed by atoms with van der Waals surface area (Å²) in [4.78, 5) is 3.92. The highest BCUT2D eigenvalue weighted by Crippen LogP contribution is 2.19. The van der Waals surface area contributed by atoms with Gasteiger partial charge in [-0.25, -0.2) is 4.98 Å². The van der Waals surface area contributed by atoms with Crippen LogP contribution >= 0.6 is 24.0 Å². The van der Waals surface area contributed by atoms with Crippen LogP contribution in [0.15, 0.2) is 25.2 Å². The monoisotopic (exact) mass is 192 g/mol. The highest BCUT2D eigenvalue weighted by Gasteiger charge is 2.05. The zero-order valence-corrected chi connectivity index (χ0v) is 7.77. The third-order valence-corrected chi connectivity index (χ3v) is 1.75. The standard InChI is InChI=1S/C7H9ClN2.ClH/c1-3-6(8)7-4-9-5-10(7)2;/h3-6H,1H2,2H3;1H. The Morgan fingerprint density at radius 1 is 1.82 bits per heavy atom. The molecule has 0 aliphatic carbocycles. The first-order chi connectivity index (χ1) is 4.75. The largest absolute Gasteiger partial charge is 0.336 e. The van der Waals surface area contributed by atoms with Crippen LogP contribution in [0.4, 0.5) is 0 Å². The molecule has 0 radical (unpaired) electrons. The molecule has 0 saturated carbocycles. The van der Waals surface area contributed by atoms with Crippen molar-refractivity contribution >= 4 is 24.0 Å². The molecule has 1 rings (SSSR count). The van der Waals surface area contributed by atoms with Gasteiger partial charge >= 0.3 is 0 Å². The van der Waals surface area contributed by atoms with Crippen LogP contribution < -0.4 is 0 Å². The molecule has 0 aliphatic heterocycles. The number of imidazole rings is 1. The third-order valence-electron chi connectivity index (χ3n) is 1.34. The molecule has 2 nitrogen and oxygen atoms in total. The number of hydrogen-bond donors (Lipinski definition) is 0.